The molecule has 0 radical (unpaired) electrons. The van der Waals surface area contributed by atoms with Crippen molar-refractivity contribution in [3.63, 3.8) is 0 Å². The number of allylic oxidation sites excluding steroid dienone is 4. The van der Waals surface area contributed by atoms with Crippen molar-refractivity contribution >= 4 is 21.5 Å². The molecule has 0 nitrogen and oxygen atoms in total. The lowest BCUT2D eigenvalue weighted by atomic mass is 9.69. The van der Waals surface area contributed by atoms with E-state index in [1.807, 2.05) is 0 Å². The molecule has 0 fully saturated rings. The lowest BCUT2D eigenvalue weighted by Gasteiger charge is -2.32. The van der Waals surface area contributed by atoms with Gasteiger partial charge in [-0.2, -0.15) is 0 Å². The van der Waals surface area contributed by atoms with Gasteiger partial charge in [-0.25, -0.2) is 0 Å². The van der Waals surface area contributed by atoms with Gasteiger partial charge < -0.3 is 0 Å². The monoisotopic (exact) mass is 396 g/mol. The van der Waals surface area contributed by atoms with Crippen LogP contribution in [0.15, 0.2) is 88.9 Å². The zero-order valence-corrected chi connectivity index (χ0v) is 15.9. The summed E-state index contributed by atoms with van der Waals surface area (Å²) in [6.07, 6.45) is 7.02. The summed E-state index contributed by atoms with van der Waals surface area (Å²) >= 11 is 3.73. The van der Waals surface area contributed by atoms with E-state index in [0.29, 0.717) is 0 Å². The van der Waals surface area contributed by atoms with E-state index in [9.17, 15) is 0 Å². The van der Waals surface area contributed by atoms with Gasteiger partial charge in [0.05, 0.1) is 5.41 Å². The van der Waals surface area contributed by atoms with E-state index in [1.54, 1.807) is 0 Å². The first-order valence-electron chi connectivity index (χ1n) is 9.22. The van der Waals surface area contributed by atoms with Gasteiger partial charge in [0.25, 0.3) is 0 Å². The molecule has 3 aliphatic carbocycles. The van der Waals surface area contributed by atoms with E-state index in [4.69, 9.17) is 0 Å². The highest BCUT2D eigenvalue weighted by atomic mass is 79.9. The minimum atomic E-state index is -0.168. The Bertz CT molecular complexity index is 1150. The van der Waals surface area contributed by atoms with E-state index >= 15 is 0 Å². The highest BCUT2D eigenvalue weighted by Crippen LogP contribution is 2.63. The summed E-state index contributed by atoms with van der Waals surface area (Å²) in [5.74, 6) is 0. The second kappa shape index (κ2) is 5.08. The van der Waals surface area contributed by atoms with Gasteiger partial charge in [-0.3, -0.25) is 0 Å². The molecule has 26 heavy (non-hydrogen) atoms. The van der Waals surface area contributed by atoms with Crippen LogP contribution in [0.1, 0.15) is 35.1 Å². The number of rotatable bonds is 0. The minimum absolute atomic E-state index is 0.168. The molecule has 1 unspecified atom stereocenters. The van der Waals surface area contributed by atoms with Gasteiger partial charge in [0.2, 0.25) is 0 Å². The van der Waals surface area contributed by atoms with Crippen molar-refractivity contribution in [2.45, 2.75) is 18.3 Å². The van der Waals surface area contributed by atoms with Crippen LogP contribution in [-0.4, -0.2) is 0 Å². The van der Waals surface area contributed by atoms with Gasteiger partial charge >= 0.3 is 0 Å². The molecule has 0 N–H and O–H groups in total. The molecule has 1 atom stereocenters. The zero-order chi connectivity index (χ0) is 17.3. The van der Waals surface area contributed by atoms with Crippen molar-refractivity contribution in [3.8, 4) is 11.1 Å². The summed E-state index contributed by atoms with van der Waals surface area (Å²) in [6.45, 7) is 0. The Morgan fingerprint density at radius 3 is 2.27 bits per heavy atom. The third-order valence-electron chi connectivity index (χ3n) is 6.24. The second-order valence-electron chi connectivity index (χ2n) is 7.36. The van der Waals surface area contributed by atoms with E-state index in [-0.39, 0.29) is 5.41 Å². The van der Waals surface area contributed by atoms with Crippen LogP contribution in [0.3, 0.4) is 0 Å². The quantitative estimate of drug-likeness (QED) is 0.388. The maximum absolute atomic E-state index is 3.73. The van der Waals surface area contributed by atoms with Crippen molar-refractivity contribution in [3.05, 3.63) is 111 Å². The molecule has 3 aromatic rings. The molecule has 0 saturated heterocycles. The molecule has 0 heterocycles. The maximum Gasteiger partial charge on any atom is 0.0722 e. The lowest BCUT2D eigenvalue weighted by Crippen LogP contribution is -2.27. The molecule has 0 aromatic heterocycles. The molecule has 6 rings (SSSR count). The largest absolute Gasteiger partial charge is 0.0839 e. The molecule has 0 saturated carbocycles. The Hall–Kier alpha value is -2.38. The third-order valence-corrected chi connectivity index (χ3v) is 6.73. The molecule has 0 amide bonds. The SMILES string of the molecule is Brc1ccc2c(c1)C1(C3=C(CCC=C3)c3ccccc31)c1ccccc1-2. The van der Waals surface area contributed by atoms with E-state index < -0.39 is 0 Å². The topological polar surface area (TPSA) is 0 Å². The molecular formula is C25H17Br. The van der Waals surface area contributed by atoms with Crippen LogP contribution < -0.4 is 0 Å². The highest BCUT2D eigenvalue weighted by Gasteiger charge is 2.52. The van der Waals surface area contributed by atoms with Gasteiger partial charge in [0.1, 0.15) is 0 Å². The molecule has 1 heteroatoms. The number of benzene rings is 3. The molecular weight excluding hydrogens is 380 g/mol. The predicted octanol–water partition coefficient (Wildman–Crippen LogP) is 6.88. The summed E-state index contributed by atoms with van der Waals surface area (Å²) in [5, 5.41) is 0. The average Bonchev–Trinajstić information content (AvgIpc) is 3.15. The number of hydrogen-bond donors (Lipinski definition) is 0. The Kier molecular flexibility index (Phi) is 2.88. The first-order chi connectivity index (χ1) is 12.8. The summed E-state index contributed by atoms with van der Waals surface area (Å²) in [5.41, 5.74) is 11.3. The Morgan fingerprint density at radius 1 is 0.731 bits per heavy atom. The van der Waals surface area contributed by atoms with Gasteiger partial charge in [-0.05, 0) is 69.5 Å². The van der Waals surface area contributed by atoms with E-state index in [2.05, 4.69) is 94.8 Å². The Labute approximate surface area is 162 Å². The molecule has 0 bridgehead atoms. The van der Waals surface area contributed by atoms with Crippen LogP contribution in [0.4, 0.5) is 0 Å². The molecule has 124 valence electrons. The summed E-state index contributed by atoms with van der Waals surface area (Å²) in [4.78, 5) is 0. The van der Waals surface area contributed by atoms with Crippen LogP contribution in [-0.2, 0) is 5.41 Å². The summed E-state index contributed by atoms with van der Waals surface area (Å²) in [7, 11) is 0. The first-order valence-corrected chi connectivity index (χ1v) is 10.0. The number of fused-ring (bicyclic) bond motifs is 9. The van der Waals surface area contributed by atoms with Crippen molar-refractivity contribution in [2.75, 3.05) is 0 Å². The first kappa shape index (κ1) is 14.8. The van der Waals surface area contributed by atoms with Gasteiger partial charge in [-0.15, -0.1) is 0 Å². The van der Waals surface area contributed by atoms with Gasteiger partial charge in [0, 0.05) is 4.47 Å². The van der Waals surface area contributed by atoms with Crippen LogP contribution >= 0.6 is 15.9 Å². The highest BCUT2D eigenvalue weighted by molar-refractivity contribution is 9.10. The minimum Gasteiger partial charge on any atom is -0.0839 e. The second-order valence-corrected chi connectivity index (χ2v) is 8.28. The van der Waals surface area contributed by atoms with Gasteiger partial charge in [-0.1, -0.05) is 82.7 Å². The fraction of sp³-hybridized carbons (Fsp3) is 0.120. The molecule has 0 aliphatic heterocycles. The van der Waals surface area contributed by atoms with Crippen LogP contribution in [0.2, 0.25) is 0 Å². The fourth-order valence-electron chi connectivity index (χ4n) is 5.35. The van der Waals surface area contributed by atoms with Gasteiger partial charge in [0.15, 0.2) is 0 Å². The van der Waals surface area contributed by atoms with Crippen molar-refractivity contribution < 1.29 is 0 Å². The summed E-state index contributed by atoms with van der Waals surface area (Å²) in [6, 6.07) is 24.8. The van der Waals surface area contributed by atoms with E-state index in [0.717, 1.165) is 17.3 Å². The smallest absolute Gasteiger partial charge is 0.0722 e. The lowest BCUT2D eigenvalue weighted by molar-refractivity contribution is 0.780. The molecule has 3 aromatic carbocycles. The fourth-order valence-corrected chi connectivity index (χ4v) is 5.71. The van der Waals surface area contributed by atoms with Crippen molar-refractivity contribution in [2.24, 2.45) is 0 Å². The van der Waals surface area contributed by atoms with Crippen LogP contribution in [0, 0.1) is 0 Å². The maximum atomic E-state index is 3.73. The number of halogens is 1. The van der Waals surface area contributed by atoms with Crippen molar-refractivity contribution in [1.82, 2.24) is 0 Å². The van der Waals surface area contributed by atoms with Crippen LogP contribution in [0.5, 0.6) is 0 Å². The summed E-state index contributed by atoms with van der Waals surface area (Å²) < 4.78 is 1.15. The predicted molar refractivity (Wildman–Crippen MR) is 111 cm³/mol. The zero-order valence-electron chi connectivity index (χ0n) is 14.3. The van der Waals surface area contributed by atoms with Crippen LogP contribution in [0.25, 0.3) is 16.7 Å². The standard InChI is InChI=1S/C25H17Br/c26-16-13-14-20-19-9-3-6-12-23(19)25(24(20)15-16)21-10-4-1-7-17(21)18-8-2-5-11-22(18)25/h1,3-7,9-15H,2,8H2. The third kappa shape index (κ3) is 1.61. The Morgan fingerprint density at radius 2 is 1.42 bits per heavy atom. The number of hydrogen-bond acceptors (Lipinski definition) is 0. The van der Waals surface area contributed by atoms with Crippen molar-refractivity contribution in [1.29, 1.82) is 0 Å². The molecule has 3 aliphatic rings. The normalized spacial score (nSPS) is 21.6. The average molecular weight is 397 g/mol. The molecule has 1 spiro atoms. The van der Waals surface area contributed by atoms with E-state index in [1.165, 1.54) is 44.5 Å². The Balaban J connectivity index is 1.84.